The Bertz CT molecular complexity index is 180. The van der Waals surface area contributed by atoms with Gasteiger partial charge in [-0.05, 0) is 0 Å². The van der Waals surface area contributed by atoms with Crippen LogP contribution in [-0.4, -0.2) is 67.0 Å². The fourth-order valence-corrected chi connectivity index (χ4v) is 1.23. The third-order valence-corrected chi connectivity index (χ3v) is 2.18. The first-order valence-corrected chi connectivity index (χ1v) is 3.61. The Labute approximate surface area is 72.5 Å². The zero-order valence-electron chi connectivity index (χ0n) is 6.45. The molecule has 6 atom stereocenters. The predicted octanol–water partition coefficient (Wildman–Crippen LogP) is -3.54. The van der Waals surface area contributed by atoms with Gasteiger partial charge in [0, 0.05) is 0 Å². The summed E-state index contributed by atoms with van der Waals surface area (Å²) in [5.41, 5.74) is 0. The average molecular weight is 198 g/mol. The molecule has 0 saturated heterocycles. The minimum atomic E-state index is -3.53. The summed E-state index contributed by atoms with van der Waals surface area (Å²) in [5, 5.41) is 53.2. The maximum atomic E-state index is 13.0. The van der Waals surface area contributed by atoms with E-state index in [4.69, 9.17) is 30.6 Å². The second-order valence-electron chi connectivity index (χ2n) is 3.09. The minimum Gasteiger partial charge on any atom is -0.387 e. The molecular formula is C6H11FO6. The lowest BCUT2D eigenvalue weighted by Crippen LogP contribution is -2.68. The maximum Gasteiger partial charge on any atom is 0.264 e. The van der Waals surface area contributed by atoms with E-state index in [-0.39, 0.29) is 0 Å². The molecule has 1 aliphatic rings. The van der Waals surface area contributed by atoms with Gasteiger partial charge in [-0.3, -0.25) is 0 Å². The van der Waals surface area contributed by atoms with Crippen molar-refractivity contribution in [3.8, 4) is 0 Å². The van der Waals surface area contributed by atoms with Crippen LogP contribution in [0.25, 0.3) is 0 Å². The second-order valence-corrected chi connectivity index (χ2v) is 3.09. The third-order valence-electron chi connectivity index (χ3n) is 2.18. The Hall–Kier alpha value is -0.310. The van der Waals surface area contributed by atoms with E-state index in [1.54, 1.807) is 0 Å². The molecule has 0 aliphatic heterocycles. The lowest BCUT2D eigenvalue weighted by atomic mass is 9.83. The molecule has 78 valence electrons. The fraction of sp³-hybridized carbons (Fsp3) is 1.00. The molecule has 13 heavy (non-hydrogen) atoms. The summed E-state index contributed by atoms with van der Waals surface area (Å²) < 4.78 is 13.0. The number of rotatable bonds is 0. The molecular weight excluding hydrogens is 187 g/mol. The van der Waals surface area contributed by atoms with Gasteiger partial charge in [0.1, 0.15) is 30.5 Å². The molecule has 0 heterocycles. The first kappa shape index (κ1) is 10.8. The van der Waals surface area contributed by atoms with Crippen molar-refractivity contribution >= 4 is 0 Å². The van der Waals surface area contributed by atoms with Crippen molar-refractivity contribution in [2.45, 2.75) is 36.4 Å². The number of halogens is 1. The van der Waals surface area contributed by atoms with Gasteiger partial charge in [0.15, 0.2) is 0 Å². The van der Waals surface area contributed by atoms with Crippen LogP contribution >= 0.6 is 0 Å². The summed E-state index contributed by atoms with van der Waals surface area (Å²) in [5.74, 6) is -3.53. The van der Waals surface area contributed by atoms with Gasteiger partial charge in [-0.25, -0.2) is 4.39 Å². The van der Waals surface area contributed by atoms with Gasteiger partial charge in [0.25, 0.3) is 5.85 Å². The molecule has 6 N–H and O–H groups in total. The smallest absolute Gasteiger partial charge is 0.264 e. The molecule has 0 aromatic heterocycles. The summed E-state index contributed by atoms with van der Waals surface area (Å²) in [6.45, 7) is 0. The van der Waals surface area contributed by atoms with Crippen molar-refractivity contribution in [2.75, 3.05) is 0 Å². The zero-order chi connectivity index (χ0) is 10.4. The van der Waals surface area contributed by atoms with E-state index in [1.165, 1.54) is 0 Å². The number of hydrogen-bond acceptors (Lipinski definition) is 6. The molecule has 1 fully saturated rings. The Morgan fingerprint density at radius 1 is 0.769 bits per heavy atom. The lowest BCUT2D eigenvalue weighted by Gasteiger charge is -2.42. The second kappa shape index (κ2) is 3.12. The minimum absolute atomic E-state index is 1.90. The molecule has 0 bridgehead atoms. The third kappa shape index (κ3) is 1.43. The van der Waals surface area contributed by atoms with E-state index >= 15 is 0 Å². The standard InChI is InChI=1S/C6H11FO6/c7-6(13)4(11)2(9)1(8)3(10)5(6)12/h1-5,8-13H/t1-,2-,3+,4+,5-,6-. The first-order chi connectivity index (χ1) is 5.80. The highest BCUT2D eigenvalue weighted by molar-refractivity contribution is 5.02. The highest BCUT2D eigenvalue weighted by atomic mass is 19.2. The van der Waals surface area contributed by atoms with E-state index in [9.17, 15) is 4.39 Å². The highest BCUT2D eigenvalue weighted by Gasteiger charge is 2.58. The van der Waals surface area contributed by atoms with Crippen LogP contribution in [-0.2, 0) is 0 Å². The van der Waals surface area contributed by atoms with Gasteiger partial charge in [-0.2, -0.15) is 0 Å². The number of aliphatic hydroxyl groups excluding tert-OH is 5. The van der Waals surface area contributed by atoms with Gasteiger partial charge in [0.2, 0.25) is 0 Å². The molecule has 7 heteroatoms. The number of aliphatic hydroxyl groups is 6. The largest absolute Gasteiger partial charge is 0.387 e. The molecule has 1 rings (SSSR count). The van der Waals surface area contributed by atoms with Crippen LogP contribution in [0.5, 0.6) is 0 Å². The Morgan fingerprint density at radius 3 is 1.38 bits per heavy atom. The lowest BCUT2D eigenvalue weighted by molar-refractivity contribution is -0.314. The molecule has 0 aromatic rings. The summed E-state index contributed by atoms with van der Waals surface area (Å²) >= 11 is 0. The van der Waals surface area contributed by atoms with Crippen LogP contribution in [0.2, 0.25) is 0 Å². The molecule has 0 spiro atoms. The first-order valence-electron chi connectivity index (χ1n) is 3.61. The Kier molecular flexibility index (Phi) is 2.59. The van der Waals surface area contributed by atoms with E-state index in [2.05, 4.69) is 0 Å². The number of alkyl halides is 1. The molecule has 1 saturated carbocycles. The van der Waals surface area contributed by atoms with E-state index in [1.807, 2.05) is 0 Å². The van der Waals surface area contributed by atoms with Crippen molar-refractivity contribution in [2.24, 2.45) is 0 Å². The Balaban J connectivity index is 2.93. The van der Waals surface area contributed by atoms with Crippen molar-refractivity contribution in [1.82, 2.24) is 0 Å². The molecule has 1 aliphatic carbocycles. The summed E-state index contributed by atoms with van der Waals surface area (Å²) in [4.78, 5) is 0. The Morgan fingerprint density at radius 2 is 1.08 bits per heavy atom. The van der Waals surface area contributed by atoms with Crippen LogP contribution in [0.15, 0.2) is 0 Å². The molecule has 0 unspecified atom stereocenters. The summed E-state index contributed by atoms with van der Waals surface area (Å²) in [6.07, 6.45) is -10.7. The van der Waals surface area contributed by atoms with Crippen LogP contribution in [0.4, 0.5) is 4.39 Å². The van der Waals surface area contributed by atoms with Crippen molar-refractivity contribution in [3.05, 3.63) is 0 Å². The van der Waals surface area contributed by atoms with Gasteiger partial charge in [-0.15, -0.1) is 0 Å². The van der Waals surface area contributed by atoms with Gasteiger partial charge in [0.05, 0.1) is 0 Å². The SMILES string of the molecule is O[C@@H]1[C@@H](O)[C@H](O)[C@](O)(F)[C@H](O)[C@H]1O. The average Bonchev–Trinajstić information content (AvgIpc) is 2.09. The monoisotopic (exact) mass is 198 g/mol. The van der Waals surface area contributed by atoms with Gasteiger partial charge < -0.3 is 30.6 Å². The normalized spacial score (nSPS) is 57.9. The topological polar surface area (TPSA) is 121 Å². The zero-order valence-corrected chi connectivity index (χ0v) is 6.45. The van der Waals surface area contributed by atoms with Crippen LogP contribution in [0.1, 0.15) is 0 Å². The summed E-state index contributed by atoms with van der Waals surface area (Å²) in [7, 11) is 0. The van der Waals surface area contributed by atoms with Crippen molar-refractivity contribution in [3.63, 3.8) is 0 Å². The highest BCUT2D eigenvalue weighted by Crippen LogP contribution is 2.31. The predicted molar refractivity (Wildman–Crippen MR) is 36.1 cm³/mol. The van der Waals surface area contributed by atoms with E-state index in [0.717, 1.165) is 0 Å². The van der Waals surface area contributed by atoms with Crippen LogP contribution in [0, 0.1) is 0 Å². The van der Waals surface area contributed by atoms with Gasteiger partial charge >= 0.3 is 0 Å². The van der Waals surface area contributed by atoms with E-state index in [0.29, 0.717) is 0 Å². The van der Waals surface area contributed by atoms with Crippen LogP contribution < -0.4 is 0 Å². The van der Waals surface area contributed by atoms with Crippen molar-refractivity contribution in [1.29, 1.82) is 0 Å². The molecule has 0 aromatic carbocycles. The fourth-order valence-electron chi connectivity index (χ4n) is 1.23. The molecule has 6 nitrogen and oxygen atoms in total. The van der Waals surface area contributed by atoms with E-state index < -0.39 is 36.4 Å². The quantitative estimate of drug-likeness (QED) is 0.240. The van der Waals surface area contributed by atoms with Crippen molar-refractivity contribution < 1.29 is 35.0 Å². The van der Waals surface area contributed by atoms with Crippen LogP contribution in [0.3, 0.4) is 0 Å². The maximum absolute atomic E-state index is 13.0. The van der Waals surface area contributed by atoms with Gasteiger partial charge in [-0.1, -0.05) is 0 Å². The molecule has 0 amide bonds. The molecule has 0 radical (unpaired) electrons. The summed E-state index contributed by atoms with van der Waals surface area (Å²) in [6, 6.07) is 0. The number of hydrogen-bond donors (Lipinski definition) is 6.